The molecular formula is C21H25N3O4S. The van der Waals surface area contributed by atoms with Gasteiger partial charge in [0, 0.05) is 0 Å². The van der Waals surface area contributed by atoms with Crippen LogP contribution in [0.15, 0.2) is 41.3 Å². The van der Waals surface area contributed by atoms with Crippen molar-refractivity contribution >= 4 is 35.2 Å². The molecule has 0 saturated heterocycles. The van der Waals surface area contributed by atoms with Crippen molar-refractivity contribution in [3.05, 3.63) is 59.6 Å². The van der Waals surface area contributed by atoms with Crippen LogP contribution in [0, 0.1) is 0 Å². The summed E-state index contributed by atoms with van der Waals surface area (Å²) in [6, 6.07) is 9.17. The van der Waals surface area contributed by atoms with Crippen LogP contribution < -0.4 is 20.9 Å². The number of carbonyl (C=O) groups excluding carboxylic acids is 2. The Kier molecular flexibility index (Phi) is 7.97. The molecule has 1 aromatic heterocycles. The van der Waals surface area contributed by atoms with Gasteiger partial charge in [-0.15, -0.1) is 0 Å². The predicted molar refractivity (Wildman–Crippen MR) is 116 cm³/mol. The minimum absolute atomic E-state index is 0.0702. The van der Waals surface area contributed by atoms with E-state index in [1.807, 2.05) is 31.2 Å². The minimum Gasteiger partial charge on any atom is -0.484 e. The van der Waals surface area contributed by atoms with Crippen molar-refractivity contribution in [1.82, 2.24) is 16.2 Å². The van der Waals surface area contributed by atoms with Crippen LogP contribution >= 0.6 is 12.2 Å². The van der Waals surface area contributed by atoms with Gasteiger partial charge >= 0.3 is 0 Å². The fraction of sp³-hybridized carbons (Fsp3) is 0.286. The quantitative estimate of drug-likeness (QED) is 0.475. The van der Waals surface area contributed by atoms with Crippen molar-refractivity contribution < 1.29 is 18.7 Å². The number of benzene rings is 1. The summed E-state index contributed by atoms with van der Waals surface area (Å²) in [5.41, 5.74) is 6.87. The SMILES string of the molecule is C=Cc1oc(C(=O)NC(=S)NNC(=O)COc2ccc(C(C)C)cc2)cc1CC. The lowest BCUT2D eigenvalue weighted by molar-refractivity contribution is -0.123. The van der Waals surface area contributed by atoms with Crippen LogP contribution in [0.1, 0.15) is 54.1 Å². The molecule has 0 radical (unpaired) electrons. The lowest BCUT2D eigenvalue weighted by Gasteiger charge is -2.11. The van der Waals surface area contributed by atoms with Gasteiger partial charge in [-0.1, -0.05) is 39.5 Å². The molecule has 1 aromatic carbocycles. The normalized spacial score (nSPS) is 10.3. The zero-order valence-corrected chi connectivity index (χ0v) is 17.5. The number of nitrogens with one attached hydrogen (secondary N) is 3. The second-order valence-corrected chi connectivity index (χ2v) is 6.93. The highest BCUT2D eigenvalue weighted by Gasteiger charge is 2.15. The summed E-state index contributed by atoms with van der Waals surface area (Å²) in [7, 11) is 0. The van der Waals surface area contributed by atoms with Crippen LogP contribution in [0.2, 0.25) is 0 Å². The zero-order chi connectivity index (χ0) is 21.4. The number of hydrogen-bond acceptors (Lipinski definition) is 5. The summed E-state index contributed by atoms with van der Waals surface area (Å²) < 4.78 is 10.8. The third-order valence-electron chi connectivity index (χ3n) is 4.09. The molecule has 2 aromatic rings. The summed E-state index contributed by atoms with van der Waals surface area (Å²) >= 11 is 5.00. The largest absolute Gasteiger partial charge is 0.484 e. The minimum atomic E-state index is -0.527. The molecule has 0 spiro atoms. The standard InChI is InChI=1S/C21H25N3O4S/c1-5-14-11-18(28-17(14)6-2)20(26)22-21(29)24-23-19(25)12-27-16-9-7-15(8-10-16)13(3)4/h6-11,13H,2,5,12H2,1,3-4H3,(H,23,25)(H2,22,24,26,29). The highest BCUT2D eigenvalue weighted by atomic mass is 32.1. The Morgan fingerprint density at radius 2 is 1.93 bits per heavy atom. The highest BCUT2D eigenvalue weighted by Crippen LogP contribution is 2.18. The van der Waals surface area contributed by atoms with E-state index in [0.717, 1.165) is 5.56 Å². The molecule has 0 saturated carbocycles. The molecule has 154 valence electrons. The van der Waals surface area contributed by atoms with Gasteiger partial charge in [-0.3, -0.25) is 25.8 Å². The van der Waals surface area contributed by atoms with E-state index in [9.17, 15) is 9.59 Å². The lowest BCUT2D eigenvalue weighted by atomic mass is 10.0. The second kappa shape index (κ2) is 10.4. The predicted octanol–water partition coefficient (Wildman–Crippen LogP) is 3.32. The number of hydrazine groups is 1. The third kappa shape index (κ3) is 6.46. The lowest BCUT2D eigenvalue weighted by Crippen LogP contribution is -2.49. The van der Waals surface area contributed by atoms with Crippen LogP contribution in [0.4, 0.5) is 0 Å². The molecule has 0 aliphatic carbocycles. The molecule has 8 heteroatoms. The van der Waals surface area contributed by atoms with Crippen molar-refractivity contribution in [2.75, 3.05) is 6.61 Å². The first-order valence-corrected chi connectivity index (χ1v) is 9.62. The topological polar surface area (TPSA) is 92.6 Å². The van der Waals surface area contributed by atoms with Gasteiger partial charge in [0.15, 0.2) is 17.5 Å². The highest BCUT2D eigenvalue weighted by molar-refractivity contribution is 7.80. The van der Waals surface area contributed by atoms with E-state index in [1.165, 1.54) is 5.56 Å². The smallest absolute Gasteiger partial charge is 0.293 e. The maximum absolute atomic E-state index is 12.2. The molecule has 1 heterocycles. The van der Waals surface area contributed by atoms with Crippen molar-refractivity contribution in [2.24, 2.45) is 0 Å². The summed E-state index contributed by atoms with van der Waals surface area (Å²) in [5, 5.41) is 2.36. The van der Waals surface area contributed by atoms with Crippen molar-refractivity contribution in [3.8, 4) is 5.75 Å². The van der Waals surface area contributed by atoms with Crippen LogP contribution in [-0.4, -0.2) is 23.5 Å². The molecule has 29 heavy (non-hydrogen) atoms. The molecular weight excluding hydrogens is 390 g/mol. The Hall–Kier alpha value is -3.13. The van der Waals surface area contributed by atoms with Gasteiger partial charge in [-0.05, 0) is 60.0 Å². The molecule has 0 atom stereocenters. The van der Waals surface area contributed by atoms with Crippen LogP contribution in [0.5, 0.6) is 5.75 Å². The second-order valence-electron chi connectivity index (χ2n) is 6.53. The Morgan fingerprint density at radius 1 is 1.24 bits per heavy atom. The van der Waals surface area contributed by atoms with Gasteiger partial charge in [-0.2, -0.15) is 0 Å². The average molecular weight is 416 g/mol. The number of carbonyl (C=O) groups is 2. The van der Waals surface area contributed by atoms with Crippen LogP contribution in [0.25, 0.3) is 6.08 Å². The molecule has 2 amide bonds. The van der Waals surface area contributed by atoms with Gasteiger partial charge < -0.3 is 9.15 Å². The maximum Gasteiger partial charge on any atom is 0.293 e. The number of aryl methyl sites for hydroxylation is 1. The Bertz CT molecular complexity index is 888. The van der Waals surface area contributed by atoms with Gasteiger partial charge in [0.25, 0.3) is 11.8 Å². The summed E-state index contributed by atoms with van der Waals surface area (Å²) in [6.45, 7) is 9.60. The first-order chi connectivity index (χ1) is 13.8. The first-order valence-electron chi connectivity index (χ1n) is 9.22. The van der Waals surface area contributed by atoms with E-state index in [1.54, 1.807) is 12.1 Å². The summed E-state index contributed by atoms with van der Waals surface area (Å²) in [6.07, 6.45) is 2.25. The van der Waals surface area contributed by atoms with E-state index in [2.05, 4.69) is 36.6 Å². The number of rotatable bonds is 7. The van der Waals surface area contributed by atoms with E-state index < -0.39 is 11.8 Å². The van der Waals surface area contributed by atoms with E-state index in [0.29, 0.717) is 23.8 Å². The fourth-order valence-corrected chi connectivity index (χ4v) is 2.60. The van der Waals surface area contributed by atoms with Crippen molar-refractivity contribution in [3.63, 3.8) is 0 Å². The molecule has 0 unspecified atom stereocenters. The first kappa shape index (κ1) is 22.2. The zero-order valence-electron chi connectivity index (χ0n) is 16.7. The maximum atomic E-state index is 12.2. The van der Waals surface area contributed by atoms with Crippen molar-refractivity contribution in [1.29, 1.82) is 0 Å². The number of thiocarbonyl (C=S) groups is 1. The van der Waals surface area contributed by atoms with Gasteiger partial charge in [0.05, 0.1) is 0 Å². The van der Waals surface area contributed by atoms with Gasteiger partial charge in [0.1, 0.15) is 11.5 Å². The summed E-state index contributed by atoms with van der Waals surface area (Å²) in [5.74, 6) is 0.688. The van der Waals surface area contributed by atoms with E-state index >= 15 is 0 Å². The van der Waals surface area contributed by atoms with Crippen LogP contribution in [0.3, 0.4) is 0 Å². The number of ether oxygens (including phenoxy) is 1. The molecule has 0 fully saturated rings. The Labute approximate surface area is 175 Å². The fourth-order valence-electron chi connectivity index (χ4n) is 2.46. The Morgan fingerprint density at radius 3 is 2.48 bits per heavy atom. The van der Waals surface area contributed by atoms with Crippen molar-refractivity contribution in [2.45, 2.75) is 33.1 Å². The molecule has 7 nitrogen and oxygen atoms in total. The Balaban J connectivity index is 1.76. The monoisotopic (exact) mass is 415 g/mol. The molecule has 3 N–H and O–H groups in total. The number of furan rings is 1. The average Bonchev–Trinajstić information content (AvgIpc) is 3.14. The third-order valence-corrected chi connectivity index (χ3v) is 4.30. The summed E-state index contributed by atoms with van der Waals surface area (Å²) in [4.78, 5) is 24.1. The van der Waals surface area contributed by atoms with E-state index in [4.69, 9.17) is 21.4 Å². The number of amides is 2. The molecule has 0 bridgehead atoms. The molecule has 2 rings (SSSR count). The van der Waals surface area contributed by atoms with E-state index in [-0.39, 0.29) is 17.5 Å². The van der Waals surface area contributed by atoms with Crippen LogP contribution in [-0.2, 0) is 11.2 Å². The van der Waals surface area contributed by atoms with Gasteiger partial charge in [-0.25, -0.2) is 0 Å². The van der Waals surface area contributed by atoms with Gasteiger partial charge in [0.2, 0.25) is 0 Å². The molecule has 0 aliphatic rings. The number of hydrogen-bond donors (Lipinski definition) is 3. The molecule has 0 aliphatic heterocycles.